The summed E-state index contributed by atoms with van der Waals surface area (Å²) in [6, 6.07) is 5.48. The van der Waals surface area contributed by atoms with Crippen LogP contribution in [0.1, 0.15) is 26.2 Å². The van der Waals surface area contributed by atoms with E-state index in [0.29, 0.717) is 6.04 Å². The van der Waals surface area contributed by atoms with Crippen molar-refractivity contribution in [2.75, 3.05) is 5.32 Å². The molecular formula is C12H15FIN. The molecule has 0 spiro atoms. The highest BCUT2D eigenvalue weighted by molar-refractivity contribution is 14.1. The van der Waals surface area contributed by atoms with Gasteiger partial charge in [0.2, 0.25) is 0 Å². The van der Waals surface area contributed by atoms with Crippen LogP contribution in [0.25, 0.3) is 0 Å². The zero-order valence-electron chi connectivity index (χ0n) is 8.76. The number of benzene rings is 1. The van der Waals surface area contributed by atoms with Crippen LogP contribution >= 0.6 is 22.6 Å². The van der Waals surface area contributed by atoms with E-state index in [2.05, 4.69) is 34.8 Å². The van der Waals surface area contributed by atoms with E-state index in [1.54, 1.807) is 6.07 Å². The number of hydrogen-bond donors (Lipinski definition) is 1. The molecule has 1 N–H and O–H groups in total. The predicted octanol–water partition coefficient (Wildman–Crippen LogP) is 4.03. The summed E-state index contributed by atoms with van der Waals surface area (Å²) in [5, 5.41) is 3.51. The molecule has 1 aliphatic rings. The third-order valence-electron chi connectivity index (χ3n) is 3.13. The third kappa shape index (κ3) is 2.62. The largest absolute Gasteiger partial charge is 0.381 e. The molecule has 1 fully saturated rings. The van der Waals surface area contributed by atoms with Crippen LogP contribution in [0.2, 0.25) is 0 Å². The fourth-order valence-electron chi connectivity index (χ4n) is 2.17. The highest BCUT2D eigenvalue weighted by atomic mass is 127. The van der Waals surface area contributed by atoms with E-state index in [4.69, 9.17) is 0 Å². The molecule has 1 aromatic carbocycles. The summed E-state index contributed by atoms with van der Waals surface area (Å²) in [5.74, 6) is 0.565. The van der Waals surface area contributed by atoms with Gasteiger partial charge < -0.3 is 5.32 Å². The Labute approximate surface area is 104 Å². The van der Waals surface area contributed by atoms with E-state index in [9.17, 15) is 4.39 Å². The van der Waals surface area contributed by atoms with Crippen molar-refractivity contribution in [1.29, 1.82) is 0 Å². The maximum atomic E-state index is 12.9. The molecule has 2 atom stereocenters. The Hall–Kier alpha value is -0.320. The topological polar surface area (TPSA) is 12.0 Å². The molecule has 1 nitrogen and oxygen atoms in total. The number of nitrogens with one attached hydrogen (secondary N) is 1. The highest BCUT2D eigenvalue weighted by Crippen LogP contribution is 2.29. The average Bonchev–Trinajstić information content (AvgIpc) is 2.57. The van der Waals surface area contributed by atoms with Gasteiger partial charge in [0.1, 0.15) is 5.82 Å². The molecule has 0 heterocycles. The molecule has 15 heavy (non-hydrogen) atoms. The standard InChI is InChI=1S/C12H15FIN/c1-8-3-2-4-11(8)15-12-6-5-9(13)7-10(12)14/h5-8,11,15H,2-4H2,1H3. The monoisotopic (exact) mass is 319 g/mol. The van der Waals surface area contributed by atoms with Crippen LogP contribution in [0.5, 0.6) is 0 Å². The zero-order chi connectivity index (χ0) is 10.8. The molecule has 0 amide bonds. The number of rotatable bonds is 2. The molecule has 0 aromatic heterocycles. The first kappa shape index (κ1) is 11.2. The summed E-state index contributed by atoms with van der Waals surface area (Å²) < 4.78 is 13.9. The van der Waals surface area contributed by atoms with Gasteiger partial charge in [-0.15, -0.1) is 0 Å². The summed E-state index contributed by atoms with van der Waals surface area (Å²) in [5.41, 5.74) is 1.07. The number of hydrogen-bond acceptors (Lipinski definition) is 1. The van der Waals surface area contributed by atoms with E-state index in [1.807, 2.05) is 6.07 Å². The van der Waals surface area contributed by atoms with E-state index < -0.39 is 0 Å². The van der Waals surface area contributed by atoms with Crippen molar-refractivity contribution in [2.45, 2.75) is 32.2 Å². The Morgan fingerprint density at radius 1 is 1.40 bits per heavy atom. The first-order chi connectivity index (χ1) is 7.16. The maximum Gasteiger partial charge on any atom is 0.124 e. The van der Waals surface area contributed by atoms with Crippen LogP contribution in [-0.2, 0) is 0 Å². The minimum Gasteiger partial charge on any atom is -0.381 e. The van der Waals surface area contributed by atoms with Gasteiger partial charge in [0.05, 0.1) is 0 Å². The second kappa shape index (κ2) is 4.68. The first-order valence-electron chi connectivity index (χ1n) is 5.38. The summed E-state index contributed by atoms with van der Waals surface area (Å²) in [4.78, 5) is 0. The maximum absolute atomic E-state index is 12.9. The van der Waals surface area contributed by atoms with Crippen LogP contribution in [0.4, 0.5) is 10.1 Å². The van der Waals surface area contributed by atoms with Gasteiger partial charge in [0, 0.05) is 15.3 Å². The Kier molecular flexibility index (Phi) is 3.49. The van der Waals surface area contributed by atoms with Gasteiger partial charge >= 0.3 is 0 Å². The minimum atomic E-state index is -0.163. The van der Waals surface area contributed by atoms with E-state index >= 15 is 0 Å². The van der Waals surface area contributed by atoms with Crippen LogP contribution in [0, 0.1) is 15.3 Å². The van der Waals surface area contributed by atoms with E-state index in [0.717, 1.165) is 15.2 Å². The van der Waals surface area contributed by atoms with Gasteiger partial charge in [-0.3, -0.25) is 0 Å². The van der Waals surface area contributed by atoms with Gasteiger partial charge in [0.25, 0.3) is 0 Å². The van der Waals surface area contributed by atoms with Crippen LogP contribution in [-0.4, -0.2) is 6.04 Å². The fraction of sp³-hybridized carbons (Fsp3) is 0.500. The minimum absolute atomic E-state index is 0.163. The predicted molar refractivity (Wildman–Crippen MR) is 69.5 cm³/mol. The van der Waals surface area contributed by atoms with Crippen molar-refractivity contribution in [3.8, 4) is 0 Å². The quantitative estimate of drug-likeness (QED) is 0.812. The average molecular weight is 319 g/mol. The summed E-state index contributed by atoms with van der Waals surface area (Å²) in [6.07, 6.45) is 3.83. The lowest BCUT2D eigenvalue weighted by Gasteiger charge is -2.19. The van der Waals surface area contributed by atoms with Gasteiger partial charge in [-0.2, -0.15) is 0 Å². The molecule has 1 saturated carbocycles. The van der Waals surface area contributed by atoms with E-state index in [-0.39, 0.29) is 5.82 Å². The molecule has 0 aliphatic heterocycles. The van der Waals surface area contributed by atoms with Crippen LogP contribution in [0.15, 0.2) is 18.2 Å². The van der Waals surface area contributed by atoms with Gasteiger partial charge in [-0.05, 0) is 59.5 Å². The molecule has 3 heteroatoms. The number of anilines is 1. The molecule has 1 aliphatic carbocycles. The number of halogens is 2. The second-order valence-corrected chi connectivity index (χ2v) is 5.45. The Morgan fingerprint density at radius 3 is 2.80 bits per heavy atom. The van der Waals surface area contributed by atoms with Crippen LogP contribution in [0.3, 0.4) is 0 Å². The molecular weight excluding hydrogens is 304 g/mol. The molecule has 2 rings (SSSR count). The van der Waals surface area contributed by atoms with Crippen molar-refractivity contribution in [3.05, 3.63) is 27.6 Å². The second-order valence-electron chi connectivity index (χ2n) is 4.28. The first-order valence-corrected chi connectivity index (χ1v) is 6.46. The van der Waals surface area contributed by atoms with Gasteiger partial charge in [-0.1, -0.05) is 13.3 Å². The zero-order valence-corrected chi connectivity index (χ0v) is 10.9. The summed E-state index contributed by atoms with van der Waals surface area (Å²) in [6.45, 7) is 2.28. The third-order valence-corrected chi connectivity index (χ3v) is 4.03. The van der Waals surface area contributed by atoms with E-state index in [1.165, 1.54) is 25.3 Å². The smallest absolute Gasteiger partial charge is 0.124 e. The Morgan fingerprint density at radius 2 is 2.20 bits per heavy atom. The van der Waals surface area contributed by atoms with Crippen molar-refractivity contribution in [1.82, 2.24) is 0 Å². The lowest BCUT2D eigenvalue weighted by atomic mass is 10.1. The van der Waals surface area contributed by atoms with Crippen LogP contribution < -0.4 is 5.32 Å². The molecule has 82 valence electrons. The molecule has 0 radical (unpaired) electrons. The van der Waals surface area contributed by atoms with Crippen molar-refractivity contribution < 1.29 is 4.39 Å². The van der Waals surface area contributed by atoms with Crippen molar-refractivity contribution in [2.24, 2.45) is 5.92 Å². The lowest BCUT2D eigenvalue weighted by Crippen LogP contribution is -2.22. The fourth-order valence-corrected chi connectivity index (χ4v) is 2.80. The molecule has 0 saturated heterocycles. The SMILES string of the molecule is CC1CCCC1Nc1ccc(F)cc1I. The highest BCUT2D eigenvalue weighted by Gasteiger charge is 2.23. The molecule has 2 unspecified atom stereocenters. The van der Waals surface area contributed by atoms with Crippen molar-refractivity contribution in [3.63, 3.8) is 0 Å². The Balaban J connectivity index is 2.10. The van der Waals surface area contributed by atoms with Crippen molar-refractivity contribution >= 4 is 28.3 Å². The van der Waals surface area contributed by atoms with Gasteiger partial charge in [-0.25, -0.2) is 4.39 Å². The summed E-state index contributed by atoms with van der Waals surface area (Å²) in [7, 11) is 0. The lowest BCUT2D eigenvalue weighted by molar-refractivity contribution is 0.556. The Bertz CT molecular complexity index is 353. The molecule has 1 aromatic rings. The van der Waals surface area contributed by atoms with Gasteiger partial charge in [0.15, 0.2) is 0 Å². The normalized spacial score (nSPS) is 25.5. The molecule has 0 bridgehead atoms. The summed E-state index contributed by atoms with van der Waals surface area (Å²) >= 11 is 2.18.